The zero-order valence-electron chi connectivity index (χ0n) is 12.0. The average Bonchev–Trinajstić information content (AvgIpc) is 2.42. The van der Waals surface area contributed by atoms with Gasteiger partial charge in [0.1, 0.15) is 0 Å². The number of aliphatic hydroxyl groups excluding tert-OH is 1. The summed E-state index contributed by atoms with van der Waals surface area (Å²) in [5.41, 5.74) is 0. The van der Waals surface area contributed by atoms with Gasteiger partial charge in [-0.05, 0) is 25.7 Å². The number of hydrogen-bond donors (Lipinski definition) is 1. The summed E-state index contributed by atoms with van der Waals surface area (Å²) in [6.45, 7) is 2.57. The molecular formula is C14H24F3NO2. The fourth-order valence-corrected chi connectivity index (χ4v) is 2.77. The molecule has 0 saturated heterocycles. The highest BCUT2D eigenvalue weighted by molar-refractivity contribution is 5.79. The predicted octanol–water partition coefficient (Wildman–Crippen LogP) is 2.98. The molecule has 0 heterocycles. The second-order valence-corrected chi connectivity index (χ2v) is 5.50. The molecule has 3 nitrogen and oxygen atoms in total. The smallest absolute Gasteiger partial charge is 0.391 e. The Morgan fingerprint density at radius 2 is 2.00 bits per heavy atom. The third-order valence-electron chi connectivity index (χ3n) is 3.95. The molecule has 0 spiro atoms. The first kappa shape index (κ1) is 17.3. The Kier molecular flexibility index (Phi) is 6.79. The second-order valence-electron chi connectivity index (χ2n) is 5.50. The van der Waals surface area contributed by atoms with Gasteiger partial charge in [0.05, 0.1) is 12.5 Å². The Bertz CT molecular complexity index is 307. The number of amides is 1. The predicted molar refractivity (Wildman–Crippen MR) is 70.1 cm³/mol. The molecule has 1 fully saturated rings. The number of hydrogen-bond acceptors (Lipinski definition) is 2. The number of halogens is 3. The van der Waals surface area contributed by atoms with Crippen molar-refractivity contribution in [3.05, 3.63) is 0 Å². The minimum Gasteiger partial charge on any atom is -0.395 e. The van der Waals surface area contributed by atoms with Crippen molar-refractivity contribution in [2.75, 3.05) is 19.7 Å². The fraction of sp³-hybridized carbons (Fsp3) is 0.929. The van der Waals surface area contributed by atoms with E-state index in [9.17, 15) is 18.0 Å². The van der Waals surface area contributed by atoms with Crippen LogP contribution in [0, 0.1) is 11.8 Å². The standard InChI is InChI=1S/C14H24F3NO2/c1-2-3-7-18(8-9-19)13(20)11-5-4-6-12(10-11)14(15,16)17/h11-12,19H,2-10H2,1H3. The van der Waals surface area contributed by atoms with E-state index in [1.807, 2.05) is 6.92 Å². The van der Waals surface area contributed by atoms with Crippen LogP contribution >= 0.6 is 0 Å². The van der Waals surface area contributed by atoms with Gasteiger partial charge in [-0.15, -0.1) is 0 Å². The van der Waals surface area contributed by atoms with Gasteiger partial charge in [-0.3, -0.25) is 4.79 Å². The first-order valence-corrected chi connectivity index (χ1v) is 7.36. The molecule has 0 aliphatic heterocycles. The van der Waals surface area contributed by atoms with E-state index in [0.29, 0.717) is 19.4 Å². The molecule has 1 aliphatic rings. The first-order valence-electron chi connectivity index (χ1n) is 7.36. The van der Waals surface area contributed by atoms with E-state index in [2.05, 4.69) is 0 Å². The quantitative estimate of drug-likeness (QED) is 0.818. The Labute approximate surface area is 118 Å². The lowest BCUT2D eigenvalue weighted by Gasteiger charge is -2.33. The number of carbonyl (C=O) groups excluding carboxylic acids is 1. The molecule has 1 amide bonds. The van der Waals surface area contributed by atoms with Crippen molar-refractivity contribution in [3.63, 3.8) is 0 Å². The van der Waals surface area contributed by atoms with Crippen LogP contribution in [-0.4, -0.2) is 41.8 Å². The minimum atomic E-state index is -4.20. The molecule has 1 N–H and O–H groups in total. The van der Waals surface area contributed by atoms with E-state index in [-0.39, 0.29) is 31.9 Å². The number of aliphatic hydroxyl groups is 1. The summed E-state index contributed by atoms with van der Waals surface area (Å²) >= 11 is 0. The molecule has 118 valence electrons. The van der Waals surface area contributed by atoms with Gasteiger partial charge in [0, 0.05) is 19.0 Å². The number of carbonyl (C=O) groups is 1. The van der Waals surface area contributed by atoms with Gasteiger partial charge >= 0.3 is 6.18 Å². The molecule has 1 aliphatic carbocycles. The van der Waals surface area contributed by atoms with Gasteiger partial charge < -0.3 is 10.0 Å². The van der Waals surface area contributed by atoms with Crippen LogP contribution in [0.3, 0.4) is 0 Å². The summed E-state index contributed by atoms with van der Waals surface area (Å²) in [6.07, 6.45) is -1.49. The van der Waals surface area contributed by atoms with Crippen LogP contribution in [0.2, 0.25) is 0 Å². The van der Waals surface area contributed by atoms with E-state index in [4.69, 9.17) is 5.11 Å². The Hall–Kier alpha value is -0.780. The number of unbranched alkanes of at least 4 members (excludes halogenated alkanes) is 1. The summed E-state index contributed by atoms with van der Waals surface area (Å²) in [5, 5.41) is 8.99. The highest BCUT2D eigenvalue weighted by Gasteiger charge is 2.44. The number of nitrogens with zero attached hydrogens (tertiary/aromatic N) is 1. The van der Waals surface area contributed by atoms with Crippen LogP contribution in [-0.2, 0) is 4.79 Å². The third-order valence-corrected chi connectivity index (χ3v) is 3.95. The number of alkyl halides is 3. The van der Waals surface area contributed by atoms with Crippen LogP contribution in [0.1, 0.15) is 45.4 Å². The molecule has 1 saturated carbocycles. The zero-order valence-corrected chi connectivity index (χ0v) is 12.0. The molecule has 0 radical (unpaired) electrons. The van der Waals surface area contributed by atoms with Crippen molar-refractivity contribution in [2.24, 2.45) is 11.8 Å². The third kappa shape index (κ3) is 4.96. The van der Waals surface area contributed by atoms with Crippen LogP contribution in [0.15, 0.2) is 0 Å². The molecule has 20 heavy (non-hydrogen) atoms. The monoisotopic (exact) mass is 295 g/mol. The lowest BCUT2D eigenvalue weighted by molar-refractivity contribution is -0.187. The topological polar surface area (TPSA) is 40.5 Å². The fourth-order valence-electron chi connectivity index (χ4n) is 2.77. The summed E-state index contributed by atoms with van der Waals surface area (Å²) in [7, 11) is 0. The van der Waals surface area contributed by atoms with E-state index < -0.39 is 18.0 Å². The Balaban J connectivity index is 2.63. The highest BCUT2D eigenvalue weighted by atomic mass is 19.4. The second kappa shape index (κ2) is 7.86. The van der Waals surface area contributed by atoms with Crippen LogP contribution in [0.5, 0.6) is 0 Å². The van der Waals surface area contributed by atoms with Gasteiger partial charge in [-0.2, -0.15) is 13.2 Å². The normalized spacial score (nSPS) is 23.6. The average molecular weight is 295 g/mol. The number of rotatable bonds is 6. The van der Waals surface area contributed by atoms with Crippen molar-refractivity contribution < 1.29 is 23.1 Å². The Morgan fingerprint density at radius 1 is 1.30 bits per heavy atom. The SMILES string of the molecule is CCCCN(CCO)C(=O)C1CCCC(C(F)(F)F)C1. The van der Waals surface area contributed by atoms with Gasteiger partial charge in [0.15, 0.2) is 0 Å². The molecule has 0 aromatic heterocycles. The van der Waals surface area contributed by atoms with E-state index in [1.165, 1.54) is 4.90 Å². The van der Waals surface area contributed by atoms with E-state index >= 15 is 0 Å². The van der Waals surface area contributed by atoms with Crippen molar-refractivity contribution >= 4 is 5.91 Å². The van der Waals surface area contributed by atoms with Crippen molar-refractivity contribution in [3.8, 4) is 0 Å². The summed E-state index contributed by atoms with van der Waals surface area (Å²) in [6, 6.07) is 0. The molecular weight excluding hydrogens is 271 g/mol. The maximum atomic E-state index is 12.8. The van der Waals surface area contributed by atoms with E-state index in [0.717, 1.165) is 12.8 Å². The molecule has 2 atom stereocenters. The van der Waals surface area contributed by atoms with E-state index in [1.54, 1.807) is 0 Å². The Morgan fingerprint density at radius 3 is 2.55 bits per heavy atom. The summed E-state index contributed by atoms with van der Waals surface area (Å²) < 4.78 is 38.3. The van der Waals surface area contributed by atoms with Gasteiger partial charge in [-0.1, -0.05) is 19.8 Å². The lowest BCUT2D eigenvalue weighted by Crippen LogP contribution is -2.42. The lowest BCUT2D eigenvalue weighted by atomic mass is 9.80. The zero-order chi connectivity index (χ0) is 15.2. The molecule has 0 bridgehead atoms. The highest BCUT2D eigenvalue weighted by Crippen LogP contribution is 2.40. The molecule has 0 aromatic carbocycles. The van der Waals surface area contributed by atoms with Crippen LogP contribution in [0.4, 0.5) is 13.2 Å². The maximum Gasteiger partial charge on any atom is 0.391 e. The van der Waals surface area contributed by atoms with Gasteiger partial charge in [0.2, 0.25) is 5.91 Å². The molecule has 2 unspecified atom stereocenters. The van der Waals surface area contributed by atoms with Crippen LogP contribution in [0.25, 0.3) is 0 Å². The summed E-state index contributed by atoms with van der Waals surface area (Å²) in [4.78, 5) is 13.8. The van der Waals surface area contributed by atoms with Gasteiger partial charge in [0.25, 0.3) is 0 Å². The minimum absolute atomic E-state index is 0.101. The van der Waals surface area contributed by atoms with Crippen molar-refractivity contribution in [1.82, 2.24) is 4.90 Å². The van der Waals surface area contributed by atoms with Gasteiger partial charge in [-0.25, -0.2) is 0 Å². The molecule has 0 aromatic rings. The van der Waals surface area contributed by atoms with Crippen molar-refractivity contribution in [1.29, 1.82) is 0 Å². The summed E-state index contributed by atoms with van der Waals surface area (Å²) in [5.74, 6) is -2.12. The van der Waals surface area contributed by atoms with Crippen molar-refractivity contribution in [2.45, 2.75) is 51.6 Å². The largest absolute Gasteiger partial charge is 0.395 e. The molecule has 1 rings (SSSR count). The molecule has 6 heteroatoms. The first-order chi connectivity index (χ1) is 9.40. The van der Waals surface area contributed by atoms with Crippen LogP contribution < -0.4 is 0 Å². The maximum absolute atomic E-state index is 12.8.